The van der Waals surface area contributed by atoms with E-state index in [0.29, 0.717) is 0 Å². The Balaban J connectivity index is 2.31. The molecule has 4 heteroatoms. The summed E-state index contributed by atoms with van der Waals surface area (Å²) in [6.07, 6.45) is 1.77. The highest BCUT2D eigenvalue weighted by atomic mass is 19.1. The number of hydrogen-bond acceptors (Lipinski definition) is 3. The van der Waals surface area contributed by atoms with Crippen molar-refractivity contribution in [1.82, 2.24) is 4.98 Å². The predicted octanol–water partition coefficient (Wildman–Crippen LogP) is 3.40. The van der Waals surface area contributed by atoms with Crippen LogP contribution >= 0.6 is 0 Å². The van der Waals surface area contributed by atoms with Crippen molar-refractivity contribution in [1.29, 1.82) is 0 Å². The van der Waals surface area contributed by atoms with Crippen molar-refractivity contribution in [3.63, 3.8) is 0 Å². The second-order valence-corrected chi connectivity index (χ2v) is 4.45. The summed E-state index contributed by atoms with van der Waals surface area (Å²) in [4.78, 5) is 6.34. The van der Waals surface area contributed by atoms with Gasteiger partial charge in [-0.2, -0.15) is 0 Å². The zero-order valence-corrected chi connectivity index (χ0v) is 11.2. The number of anilines is 2. The number of hydrogen-bond donors (Lipinski definition) is 1. The molecule has 0 saturated carbocycles. The van der Waals surface area contributed by atoms with Crippen LogP contribution in [0.3, 0.4) is 0 Å². The number of aromatic nitrogens is 1. The number of nitrogens with two attached hydrogens (primary N) is 1. The Hall–Kier alpha value is -1.94. The standard InChI is InChI=1S/C15H18FN3/c1-3-19(13-6-4-5-12(16)9-13)14-7-8-15(11(2)17)18-10-14/h4-11H,3,17H2,1-2H3/t11-/m1/s1. The molecule has 1 aromatic heterocycles. The average Bonchev–Trinajstić information content (AvgIpc) is 2.40. The van der Waals surface area contributed by atoms with Gasteiger partial charge in [-0.05, 0) is 44.2 Å². The number of benzene rings is 1. The minimum Gasteiger partial charge on any atom is -0.340 e. The monoisotopic (exact) mass is 259 g/mol. The van der Waals surface area contributed by atoms with Gasteiger partial charge in [-0.25, -0.2) is 4.39 Å². The van der Waals surface area contributed by atoms with Gasteiger partial charge in [0.2, 0.25) is 0 Å². The quantitative estimate of drug-likeness (QED) is 0.915. The van der Waals surface area contributed by atoms with Crippen LogP contribution < -0.4 is 10.6 Å². The molecule has 0 aliphatic carbocycles. The van der Waals surface area contributed by atoms with Gasteiger partial charge in [0.15, 0.2) is 0 Å². The summed E-state index contributed by atoms with van der Waals surface area (Å²) >= 11 is 0. The molecule has 1 heterocycles. The summed E-state index contributed by atoms with van der Waals surface area (Å²) in [5.41, 5.74) is 8.37. The molecular formula is C15H18FN3. The molecule has 0 bridgehead atoms. The molecule has 2 aromatic rings. The van der Waals surface area contributed by atoms with Crippen molar-refractivity contribution in [3.05, 3.63) is 54.1 Å². The lowest BCUT2D eigenvalue weighted by atomic mass is 10.2. The van der Waals surface area contributed by atoms with Crippen LogP contribution in [-0.2, 0) is 0 Å². The lowest BCUT2D eigenvalue weighted by molar-refractivity contribution is 0.627. The van der Waals surface area contributed by atoms with Crippen LogP contribution in [-0.4, -0.2) is 11.5 Å². The first-order chi connectivity index (χ1) is 9.11. The summed E-state index contributed by atoms with van der Waals surface area (Å²) in [5, 5.41) is 0. The lowest BCUT2D eigenvalue weighted by Gasteiger charge is -2.23. The van der Waals surface area contributed by atoms with Crippen molar-refractivity contribution in [2.24, 2.45) is 5.73 Å². The fourth-order valence-corrected chi connectivity index (χ4v) is 1.98. The summed E-state index contributed by atoms with van der Waals surface area (Å²) in [7, 11) is 0. The summed E-state index contributed by atoms with van der Waals surface area (Å²) < 4.78 is 13.3. The van der Waals surface area contributed by atoms with E-state index in [9.17, 15) is 4.39 Å². The van der Waals surface area contributed by atoms with E-state index in [0.717, 1.165) is 23.6 Å². The third-order valence-electron chi connectivity index (χ3n) is 2.99. The first-order valence-corrected chi connectivity index (χ1v) is 6.36. The van der Waals surface area contributed by atoms with Gasteiger partial charge >= 0.3 is 0 Å². The summed E-state index contributed by atoms with van der Waals surface area (Å²) in [6, 6.07) is 10.3. The zero-order chi connectivity index (χ0) is 13.8. The molecule has 0 radical (unpaired) electrons. The van der Waals surface area contributed by atoms with E-state index in [2.05, 4.69) is 4.98 Å². The van der Waals surface area contributed by atoms with Crippen LogP contribution in [0.5, 0.6) is 0 Å². The maximum absolute atomic E-state index is 13.3. The van der Waals surface area contributed by atoms with Crippen LogP contribution in [0, 0.1) is 5.82 Å². The van der Waals surface area contributed by atoms with Crippen LogP contribution in [0.4, 0.5) is 15.8 Å². The minimum atomic E-state index is -0.240. The molecule has 2 rings (SSSR count). The first kappa shape index (κ1) is 13.5. The Morgan fingerprint density at radius 3 is 2.58 bits per heavy atom. The third kappa shape index (κ3) is 3.09. The van der Waals surface area contributed by atoms with Crippen molar-refractivity contribution in [2.45, 2.75) is 19.9 Å². The highest BCUT2D eigenvalue weighted by Crippen LogP contribution is 2.25. The van der Waals surface area contributed by atoms with Gasteiger partial charge in [-0.15, -0.1) is 0 Å². The van der Waals surface area contributed by atoms with Crippen LogP contribution in [0.1, 0.15) is 25.6 Å². The molecule has 3 nitrogen and oxygen atoms in total. The summed E-state index contributed by atoms with van der Waals surface area (Å²) in [6.45, 7) is 4.65. The van der Waals surface area contributed by atoms with E-state index in [1.165, 1.54) is 12.1 Å². The van der Waals surface area contributed by atoms with E-state index in [1.807, 2.05) is 36.9 Å². The van der Waals surface area contributed by atoms with Crippen LogP contribution in [0.2, 0.25) is 0 Å². The molecule has 0 fully saturated rings. The van der Waals surface area contributed by atoms with Crippen molar-refractivity contribution in [2.75, 3.05) is 11.4 Å². The minimum absolute atomic E-state index is 0.0849. The van der Waals surface area contributed by atoms with Crippen molar-refractivity contribution in [3.8, 4) is 0 Å². The first-order valence-electron chi connectivity index (χ1n) is 6.36. The molecular weight excluding hydrogens is 241 g/mol. The molecule has 0 spiro atoms. The van der Waals surface area contributed by atoms with Crippen LogP contribution in [0.15, 0.2) is 42.6 Å². The molecule has 1 atom stereocenters. The van der Waals surface area contributed by atoms with E-state index in [4.69, 9.17) is 5.73 Å². The Morgan fingerprint density at radius 2 is 2.05 bits per heavy atom. The molecule has 2 N–H and O–H groups in total. The maximum Gasteiger partial charge on any atom is 0.125 e. The Morgan fingerprint density at radius 1 is 1.26 bits per heavy atom. The van der Waals surface area contributed by atoms with Gasteiger partial charge in [0.25, 0.3) is 0 Å². The van der Waals surface area contributed by atoms with Crippen LogP contribution in [0.25, 0.3) is 0 Å². The van der Waals surface area contributed by atoms with Gasteiger partial charge < -0.3 is 10.6 Å². The Labute approximate surface area is 112 Å². The van der Waals surface area contributed by atoms with E-state index in [-0.39, 0.29) is 11.9 Å². The predicted molar refractivity (Wildman–Crippen MR) is 75.9 cm³/mol. The Bertz CT molecular complexity index is 537. The highest BCUT2D eigenvalue weighted by Gasteiger charge is 2.09. The van der Waals surface area contributed by atoms with Crippen molar-refractivity contribution >= 4 is 11.4 Å². The SMILES string of the molecule is CCN(c1ccc([C@@H](C)N)nc1)c1cccc(F)c1. The highest BCUT2D eigenvalue weighted by molar-refractivity contribution is 5.62. The molecule has 0 aliphatic heterocycles. The number of rotatable bonds is 4. The molecule has 100 valence electrons. The fraction of sp³-hybridized carbons (Fsp3) is 0.267. The second kappa shape index (κ2) is 5.80. The molecule has 1 aromatic carbocycles. The average molecular weight is 259 g/mol. The molecule has 0 aliphatic rings. The largest absolute Gasteiger partial charge is 0.340 e. The molecule has 0 unspecified atom stereocenters. The van der Waals surface area contributed by atoms with Gasteiger partial charge in [-0.1, -0.05) is 6.07 Å². The number of pyridine rings is 1. The summed E-state index contributed by atoms with van der Waals surface area (Å²) in [5.74, 6) is -0.240. The van der Waals surface area contributed by atoms with E-state index >= 15 is 0 Å². The van der Waals surface area contributed by atoms with Gasteiger partial charge in [-0.3, -0.25) is 4.98 Å². The molecule has 19 heavy (non-hydrogen) atoms. The third-order valence-corrected chi connectivity index (χ3v) is 2.99. The van der Waals surface area contributed by atoms with E-state index < -0.39 is 0 Å². The number of halogens is 1. The maximum atomic E-state index is 13.3. The van der Waals surface area contributed by atoms with Gasteiger partial charge in [0, 0.05) is 18.3 Å². The Kier molecular flexibility index (Phi) is 4.12. The number of nitrogens with zero attached hydrogens (tertiary/aromatic N) is 2. The van der Waals surface area contributed by atoms with E-state index in [1.54, 1.807) is 12.3 Å². The zero-order valence-electron chi connectivity index (χ0n) is 11.2. The fourth-order valence-electron chi connectivity index (χ4n) is 1.98. The smallest absolute Gasteiger partial charge is 0.125 e. The van der Waals surface area contributed by atoms with Gasteiger partial charge in [0.1, 0.15) is 5.82 Å². The normalized spacial score (nSPS) is 12.2. The second-order valence-electron chi connectivity index (χ2n) is 4.45. The van der Waals surface area contributed by atoms with Crippen molar-refractivity contribution < 1.29 is 4.39 Å². The lowest BCUT2D eigenvalue weighted by Crippen LogP contribution is -2.17. The molecule has 0 saturated heterocycles. The van der Waals surface area contributed by atoms with Gasteiger partial charge in [0.05, 0.1) is 17.6 Å². The topological polar surface area (TPSA) is 42.1 Å². The molecule has 0 amide bonds.